The minimum absolute atomic E-state index is 0.207. The van der Waals surface area contributed by atoms with Crippen LogP contribution < -0.4 is 5.32 Å². The molecule has 4 nitrogen and oxygen atoms in total. The van der Waals surface area contributed by atoms with E-state index in [4.69, 9.17) is 17.0 Å². The van der Waals surface area contributed by atoms with E-state index in [0.717, 1.165) is 11.8 Å². The third-order valence-corrected chi connectivity index (χ3v) is 3.58. The zero-order valence-corrected chi connectivity index (χ0v) is 11.1. The minimum Gasteiger partial charge on any atom is -0.465 e. The number of ether oxygens (including phenoxy) is 1. The Balaban J connectivity index is 2.40. The number of methoxy groups -OCH3 is 1. The quantitative estimate of drug-likeness (QED) is 0.512. The Morgan fingerprint density at radius 3 is 2.78 bits per heavy atom. The second-order valence-electron chi connectivity index (χ2n) is 3.43. The summed E-state index contributed by atoms with van der Waals surface area (Å²) in [6.45, 7) is 0. The van der Waals surface area contributed by atoms with Gasteiger partial charge in [-0.05, 0) is 29.5 Å². The van der Waals surface area contributed by atoms with Gasteiger partial charge in [-0.3, -0.25) is 4.79 Å². The molecule has 0 aromatic heterocycles. The van der Waals surface area contributed by atoms with Crippen LogP contribution in [0.1, 0.15) is 15.9 Å². The van der Waals surface area contributed by atoms with Crippen molar-refractivity contribution in [2.75, 3.05) is 7.11 Å². The van der Waals surface area contributed by atoms with Crippen LogP contribution in [0.2, 0.25) is 0 Å². The van der Waals surface area contributed by atoms with Gasteiger partial charge in [0.05, 0.1) is 17.6 Å². The number of nitrogens with one attached hydrogen (secondary N) is 1. The van der Waals surface area contributed by atoms with Crippen LogP contribution in [0.25, 0.3) is 6.08 Å². The molecule has 1 aromatic carbocycles. The van der Waals surface area contributed by atoms with E-state index in [-0.39, 0.29) is 5.24 Å². The summed E-state index contributed by atoms with van der Waals surface area (Å²) in [7, 11) is 1.33. The number of esters is 1. The van der Waals surface area contributed by atoms with Crippen LogP contribution in [-0.2, 0) is 4.74 Å². The Morgan fingerprint density at radius 2 is 2.17 bits per heavy atom. The molecule has 0 aliphatic carbocycles. The summed E-state index contributed by atoms with van der Waals surface area (Å²) in [5, 5.41) is 2.31. The lowest BCUT2D eigenvalue weighted by atomic mass is 10.1. The highest BCUT2D eigenvalue weighted by Crippen LogP contribution is 2.27. The van der Waals surface area contributed by atoms with Crippen molar-refractivity contribution in [1.82, 2.24) is 5.32 Å². The van der Waals surface area contributed by atoms with Gasteiger partial charge in [-0.1, -0.05) is 30.4 Å². The molecule has 92 valence electrons. The molecule has 0 spiro atoms. The number of carbonyl (C=O) groups excluding carboxylic acids is 2. The number of carbonyl (C=O) groups is 2. The van der Waals surface area contributed by atoms with Gasteiger partial charge in [0, 0.05) is 0 Å². The van der Waals surface area contributed by atoms with E-state index < -0.39 is 5.97 Å². The Labute approximate surface area is 113 Å². The van der Waals surface area contributed by atoms with Gasteiger partial charge >= 0.3 is 5.97 Å². The molecule has 1 amide bonds. The smallest absolute Gasteiger partial charge is 0.338 e. The molecule has 6 heteroatoms. The van der Waals surface area contributed by atoms with Gasteiger partial charge in [0.2, 0.25) is 0 Å². The average Bonchev–Trinajstić information content (AvgIpc) is 2.67. The lowest BCUT2D eigenvalue weighted by molar-refractivity contribution is 0.0600. The van der Waals surface area contributed by atoms with Gasteiger partial charge in [0.1, 0.15) is 4.99 Å². The van der Waals surface area contributed by atoms with Crippen LogP contribution in [-0.4, -0.2) is 23.3 Å². The number of thiocarbonyl (C=S) groups is 1. The summed E-state index contributed by atoms with van der Waals surface area (Å²) in [4.78, 5) is 23.8. The summed E-state index contributed by atoms with van der Waals surface area (Å²) in [6, 6.07) is 6.98. The van der Waals surface area contributed by atoms with Crippen LogP contribution >= 0.6 is 24.0 Å². The average molecular weight is 279 g/mol. The highest BCUT2D eigenvalue weighted by Gasteiger charge is 2.22. The van der Waals surface area contributed by atoms with Gasteiger partial charge in [-0.15, -0.1) is 0 Å². The number of thioether (sulfide) groups is 1. The second-order valence-corrected chi connectivity index (χ2v) is 4.85. The molecule has 1 N–H and O–H groups in total. The van der Waals surface area contributed by atoms with Crippen molar-refractivity contribution in [2.24, 2.45) is 0 Å². The monoisotopic (exact) mass is 279 g/mol. The summed E-state index contributed by atoms with van der Waals surface area (Å²) >= 11 is 6.03. The molecule has 0 saturated carbocycles. The predicted molar refractivity (Wildman–Crippen MR) is 74.5 cm³/mol. The van der Waals surface area contributed by atoms with Crippen LogP contribution in [0.15, 0.2) is 29.2 Å². The maximum absolute atomic E-state index is 11.6. The first-order valence-electron chi connectivity index (χ1n) is 5.04. The van der Waals surface area contributed by atoms with Crippen molar-refractivity contribution in [2.45, 2.75) is 0 Å². The van der Waals surface area contributed by atoms with Crippen LogP contribution in [0.5, 0.6) is 0 Å². The van der Waals surface area contributed by atoms with Gasteiger partial charge in [-0.2, -0.15) is 0 Å². The SMILES string of the molecule is COC(=O)c1ccccc1C=C1SC(=O)NC1=S. The van der Waals surface area contributed by atoms with Crippen molar-refractivity contribution < 1.29 is 14.3 Å². The highest BCUT2D eigenvalue weighted by molar-refractivity contribution is 8.19. The molecule has 0 unspecified atom stereocenters. The maximum Gasteiger partial charge on any atom is 0.338 e. The molecule has 0 bridgehead atoms. The van der Waals surface area contributed by atoms with Crippen LogP contribution in [0.4, 0.5) is 4.79 Å². The zero-order valence-electron chi connectivity index (χ0n) is 9.43. The van der Waals surface area contributed by atoms with Crippen LogP contribution in [0.3, 0.4) is 0 Å². The van der Waals surface area contributed by atoms with Gasteiger partial charge in [-0.25, -0.2) is 4.79 Å². The van der Waals surface area contributed by atoms with E-state index in [1.165, 1.54) is 7.11 Å². The van der Waals surface area contributed by atoms with Crippen molar-refractivity contribution in [1.29, 1.82) is 0 Å². The minimum atomic E-state index is -0.421. The fourth-order valence-electron chi connectivity index (χ4n) is 1.48. The molecular formula is C12H9NO3S2. The van der Waals surface area contributed by atoms with E-state index >= 15 is 0 Å². The Kier molecular flexibility index (Phi) is 3.78. The van der Waals surface area contributed by atoms with Crippen molar-refractivity contribution >= 4 is 46.3 Å². The van der Waals surface area contributed by atoms with Gasteiger partial charge in [0.15, 0.2) is 0 Å². The molecule has 1 fully saturated rings. The van der Waals surface area contributed by atoms with E-state index in [1.807, 2.05) is 0 Å². The largest absolute Gasteiger partial charge is 0.465 e. The molecule has 1 saturated heterocycles. The van der Waals surface area contributed by atoms with E-state index in [9.17, 15) is 9.59 Å². The molecule has 1 aromatic rings. The van der Waals surface area contributed by atoms with Crippen LogP contribution in [0, 0.1) is 0 Å². The molecule has 1 aliphatic rings. The molecular weight excluding hydrogens is 270 g/mol. The predicted octanol–water partition coefficient (Wildman–Crippen LogP) is 2.60. The molecule has 0 atom stereocenters. The molecule has 1 aliphatic heterocycles. The molecule has 18 heavy (non-hydrogen) atoms. The number of hydrogen-bond donors (Lipinski definition) is 1. The summed E-state index contributed by atoms with van der Waals surface area (Å²) in [6.07, 6.45) is 1.71. The Morgan fingerprint density at radius 1 is 1.44 bits per heavy atom. The van der Waals surface area contributed by atoms with Crippen molar-refractivity contribution in [3.05, 3.63) is 40.3 Å². The number of rotatable bonds is 2. The highest BCUT2D eigenvalue weighted by atomic mass is 32.2. The summed E-state index contributed by atoms with van der Waals surface area (Å²) in [5.41, 5.74) is 1.11. The molecule has 0 radical (unpaired) electrons. The van der Waals surface area contributed by atoms with Gasteiger partial charge < -0.3 is 10.1 Å². The lowest BCUT2D eigenvalue weighted by Crippen LogP contribution is -2.16. The normalized spacial score (nSPS) is 16.8. The van der Waals surface area contributed by atoms with Crippen molar-refractivity contribution in [3.63, 3.8) is 0 Å². The van der Waals surface area contributed by atoms with E-state index in [2.05, 4.69) is 5.32 Å². The third kappa shape index (κ3) is 2.60. The third-order valence-electron chi connectivity index (χ3n) is 2.29. The summed E-state index contributed by atoms with van der Waals surface area (Å²) in [5.74, 6) is -0.421. The second kappa shape index (κ2) is 5.32. The first-order valence-corrected chi connectivity index (χ1v) is 6.26. The van der Waals surface area contributed by atoms with E-state index in [1.54, 1.807) is 30.3 Å². The van der Waals surface area contributed by atoms with Crippen molar-refractivity contribution in [3.8, 4) is 0 Å². The Bertz CT molecular complexity index is 566. The Hall–Kier alpha value is -1.66. The first kappa shape index (κ1) is 12.8. The first-order chi connectivity index (χ1) is 8.61. The molecule has 1 heterocycles. The molecule has 2 rings (SSSR count). The number of benzene rings is 1. The lowest BCUT2D eigenvalue weighted by Gasteiger charge is -2.04. The number of amides is 1. The number of hydrogen-bond acceptors (Lipinski definition) is 5. The fourth-order valence-corrected chi connectivity index (χ4v) is 2.50. The topological polar surface area (TPSA) is 55.4 Å². The fraction of sp³-hybridized carbons (Fsp3) is 0.0833. The summed E-state index contributed by atoms with van der Waals surface area (Å²) < 4.78 is 4.70. The van der Waals surface area contributed by atoms with E-state index in [0.29, 0.717) is 21.0 Å². The van der Waals surface area contributed by atoms with Gasteiger partial charge in [0.25, 0.3) is 5.24 Å². The zero-order chi connectivity index (χ0) is 13.1. The standard InChI is InChI=1S/C12H9NO3S2/c1-16-11(14)8-5-3-2-4-7(8)6-9-10(17)13-12(15)18-9/h2-6H,1H3,(H,13,15,17). The maximum atomic E-state index is 11.6.